The van der Waals surface area contributed by atoms with Crippen molar-refractivity contribution in [3.63, 3.8) is 0 Å². The van der Waals surface area contributed by atoms with Crippen LogP contribution in [0.15, 0.2) is 12.7 Å². The zero-order chi connectivity index (χ0) is 16.2. The molecule has 0 fully saturated rings. The summed E-state index contributed by atoms with van der Waals surface area (Å²) >= 11 is 0. The Kier molecular flexibility index (Phi) is 25.4. The van der Waals surface area contributed by atoms with Gasteiger partial charge in [-0.05, 0) is 6.92 Å². The van der Waals surface area contributed by atoms with Crippen molar-refractivity contribution >= 4 is 73.1 Å². The van der Waals surface area contributed by atoms with E-state index in [1.807, 2.05) is 6.92 Å². The molecule has 0 N–H and O–H groups in total. The first-order valence-corrected chi connectivity index (χ1v) is 3.60. The van der Waals surface area contributed by atoms with E-state index in [-0.39, 0.29) is 51.4 Å². The summed E-state index contributed by atoms with van der Waals surface area (Å²) in [5, 5.41) is 0. The van der Waals surface area contributed by atoms with Gasteiger partial charge in [0, 0.05) is 0 Å². The van der Waals surface area contributed by atoms with Gasteiger partial charge in [0.15, 0.2) is 0 Å². The minimum atomic E-state index is -6.00. The molecule has 0 radical (unpaired) electrons. The maximum atomic E-state index is 9.75. The van der Waals surface area contributed by atoms with Crippen molar-refractivity contribution in [2.75, 3.05) is 0 Å². The first-order valence-electron chi connectivity index (χ1n) is 3.60. The molecule has 16 heteroatoms. The van der Waals surface area contributed by atoms with Gasteiger partial charge in [0.25, 0.3) is 0 Å². The summed E-state index contributed by atoms with van der Waals surface area (Å²) in [6, 6.07) is 0. The standard InChI is InChI=1S/C3H6.3BF4.K.H/c1-3-2;3*2-1(3,4)5;;/h3H,1H2,2H3;;;;;/q;3*-1;;. The van der Waals surface area contributed by atoms with Gasteiger partial charge in [0.05, 0.1) is 0 Å². The Labute approximate surface area is 143 Å². The Balaban J connectivity index is -0.0000000458. The molecule has 0 saturated carbocycles. The Morgan fingerprint density at radius 3 is 0.579 bits per heavy atom. The van der Waals surface area contributed by atoms with E-state index < -0.39 is 21.8 Å². The summed E-state index contributed by atoms with van der Waals surface area (Å²) in [6.07, 6.45) is 1.75. The van der Waals surface area contributed by atoms with Gasteiger partial charge in [-0.25, -0.2) is 0 Å². The van der Waals surface area contributed by atoms with Crippen LogP contribution in [0.25, 0.3) is 0 Å². The van der Waals surface area contributed by atoms with E-state index in [0.29, 0.717) is 0 Å². The molecule has 0 atom stereocenters. The molecule has 116 valence electrons. The van der Waals surface area contributed by atoms with E-state index in [1.165, 1.54) is 0 Å². The Bertz CT molecular complexity index is 136. The van der Waals surface area contributed by atoms with Gasteiger partial charge < -0.3 is 51.8 Å². The molecule has 0 nitrogen and oxygen atoms in total. The fraction of sp³-hybridized carbons (Fsp3) is 0.333. The third-order valence-corrected chi connectivity index (χ3v) is 0. The molecule has 0 aromatic carbocycles. The molecule has 0 unspecified atom stereocenters. The monoisotopic (exact) mass is 343 g/mol. The quantitative estimate of drug-likeness (QED) is 0.347. The molecule has 0 aliphatic carbocycles. The van der Waals surface area contributed by atoms with Crippen LogP contribution in [0, 0.1) is 0 Å². The van der Waals surface area contributed by atoms with E-state index in [4.69, 9.17) is 0 Å². The Morgan fingerprint density at radius 1 is 0.579 bits per heavy atom. The van der Waals surface area contributed by atoms with E-state index in [0.717, 1.165) is 0 Å². The van der Waals surface area contributed by atoms with Crippen molar-refractivity contribution in [3.8, 4) is 0 Å². The fourth-order valence-electron chi connectivity index (χ4n) is 0. The molecule has 0 amide bonds. The molecule has 0 saturated heterocycles. The predicted molar refractivity (Wildman–Crippen MR) is 53.6 cm³/mol. The Morgan fingerprint density at radius 2 is 0.579 bits per heavy atom. The van der Waals surface area contributed by atoms with Crippen molar-refractivity contribution in [3.05, 3.63) is 12.7 Å². The third kappa shape index (κ3) is 9810. The zero-order valence-corrected chi connectivity index (χ0v) is 8.55. The van der Waals surface area contributed by atoms with E-state index in [9.17, 15) is 51.8 Å². The summed E-state index contributed by atoms with van der Waals surface area (Å²) in [4.78, 5) is 0. The van der Waals surface area contributed by atoms with Crippen LogP contribution in [0.2, 0.25) is 0 Å². The molecule has 0 aliphatic rings. The number of hydrogen-bond donors (Lipinski definition) is 0. The van der Waals surface area contributed by atoms with Crippen LogP contribution < -0.4 is 0 Å². The zero-order valence-electron chi connectivity index (χ0n) is 8.55. The average molecular weight is 343 g/mol. The molecule has 0 aromatic heterocycles. The summed E-state index contributed by atoms with van der Waals surface area (Å²) in [7, 11) is -18.0. The third-order valence-electron chi connectivity index (χ3n) is 0. The van der Waals surface area contributed by atoms with E-state index in [1.54, 1.807) is 6.08 Å². The van der Waals surface area contributed by atoms with Crippen LogP contribution in [0.5, 0.6) is 0 Å². The van der Waals surface area contributed by atoms with Crippen molar-refractivity contribution in [2.45, 2.75) is 6.92 Å². The second-order valence-corrected chi connectivity index (χ2v) is 1.89. The summed E-state index contributed by atoms with van der Waals surface area (Å²) in [5.41, 5.74) is 0. The van der Waals surface area contributed by atoms with Crippen LogP contribution in [-0.2, 0) is 0 Å². The van der Waals surface area contributed by atoms with Crippen LogP contribution in [-0.4, -0.2) is 73.1 Å². The van der Waals surface area contributed by atoms with Gasteiger partial charge in [-0.1, -0.05) is 6.08 Å². The van der Waals surface area contributed by atoms with Gasteiger partial charge in [-0.15, -0.1) is 6.58 Å². The molecule has 0 bridgehead atoms. The molecule has 0 aromatic rings. The molecular weight excluding hydrogens is 336 g/mol. The topological polar surface area (TPSA) is 0 Å². The number of hydrogen-bond acceptors (Lipinski definition) is 0. The number of rotatable bonds is 0. The van der Waals surface area contributed by atoms with Crippen molar-refractivity contribution in [2.24, 2.45) is 0 Å². The van der Waals surface area contributed by atoms with Gasteiger partial charge >= 0.3 is 73.1 Å². The normalized spacial score (nSPS) is 10.2. The van der Waals surface area contributed by atoms with Crippen LogP contribution in [0.4, 0.5) is 51.8 Å². The summed E-state index contributed by atoms with van der Waals surface area (Å²) in [6.45, 7) is 5.25. The molecular formula is C3H7B3F12K-3. The molecule has 0 aliphatic heterocycles. The van der Waals surface area contributed by atoms with Gasteiger partial charge in [-0.3, -0.25) is 0 Å². The van der Waals surface area contributed by atoms with Gasteiger partial charge in [0.2, 0.25) is 0 Å². The number of allylic oxidation sites excluding steroid dienone is 1. The van der Waals surface area contributed by atoms with Crippen molar-refractivity contribution < 1.29 is 51.8 Å². The predicted octanol–water partition coefficient (Wildman–Crippen LogP) is 4.44. The van der Waals surface area contributed by atoms with Crippen LogP contribution in [0.3, 0.4) is 0 Å². The average Bonchev–Trinajstić information content (AvgIpc) is 1.71. The van der Waals surface area contributed by atoms with Gasteiger partial charge in [-0.2, -0.15) is 0 Å². The van der Waals surface area contributed by atoms with Crippen LogP contribution in [0.1, 0.15) is 6.92 Å². The molecule has 0 rings (SSSR count). The fourth-order valence-corrected chi connectivity index (χ4v) is 0. The van der Waals surface area contributed by atoms with Crippen molar-refractivity contribution in [1.29, 1.82) is 0 Å². The summed E-state index contributed by atoms with van der Waals surface area (Å²) in [5.74, 6) is 0. The first kappa shape index (κ1) is 31.9. The van der Waals surface area contributed by atoms with Gasteiger partial charge in [0.1, 0.15) is 0 Å². The second kappa shape index (κ2) is 15.1. The molecule has 0 spiro atoms. The van der Waals surface area contributed by atoms with E-state index >= 15 is 0 Å². The SMILES string of the molecule is C=CC.F[B-](F)(F)F.F[B-](F)(F)F.F[B-](F)(F)F.[KH]. The second-order valence-electron chi connectivity index (χ2n) is 1.89. The minimum absolute atomic E-state index is 0. The first-order chi connectivity index (χ1) is 7.41. The molecule has 0 heterocycles. The number of halogens is 12. The summed E-state index contributed by atoms with van der Waals surface area (Å²) < 4.78 is 117. The Hall–Kier alpha value is 0.731. The van der Waals surface area contributed by atoms with Crippen LogP contribution >= 0.6 is 0 Å². The van der Waals surface area contributed by atoms with Crippen molar-refractivity contribution in [1.82, 2.24) is 0 Å². The molecule has 19 heavy (non-hydrogen) atoms. The maximum absolute atomic E-state index is 9.75. The van der Waals surface area contributed by atoms with E-state index in [2.05, 4.69) is 6.58 Å².